The summed E-state index contributed by atoms with van der Waals surface area (Å²) >= 11 is -1.72. The first-order valence-corrected chi connectivity index (χ1v) is 17.8. The predicted molar refractivity (Wildman–Crippen MR) is 102 cm³/mol. The van der Waals surface area contributed by atoms with Gasteiger partial charge in [0.05, 0.1) is 0 Å². The average molecular weight is 407 g/mol. The second-order valence-corrected chi connectivity index (χ2v) is 20.9. The van der Waals surface area contributed by atoms with E-state index >= 15 is 0 Å². The van der Waals surface area contributed by atoms with E-state index in [1.54, 1.807) is 31.1 Å². The van der Waals surface area contributed by atoms with Crippen molar-refractivity contribution in [2.45, 2.75) is 110 Å². The van der Waals surface area contributed by atoms with Gasteiger partial charge in [0.25, 0.3) is 0 Å². The van der Waals surface area contributed by atoms with Crippen LogP contribution in [0.15, 0.2) is 0 Å². The van der Waals surface area contributed by atoms with E-state index in [9.17, 15) is 0 Å². The first kappa shape index (κ1) is 24.0. The molecule has 21 heavy (non-hydrogen) atoms. The standard InChI is InChI=1S/C5H11.3C4H9.C2H6O.Sn/c1-3-5-4-2;3*1-3-4-2;1-2-3;/h1,3-5H2,2H3;3*1,3-4H2,2H3;3H,2H2,1H3;. The molecule has 0 fully saturated rings. The first-order chi connectivity index (χ1) is 10.2. The third kappa shape index (κ3) is 15.4. The fraction of sp³-hybridized carbons (Fsp3) is 1.00. The maximum atomic E-state index is 7.57. The number of hydrogen-bond acceptors (Lipinski definition) is 1. The Balaban J connectivity index is 0. The normalized spacial score (nSPS) is 11.1. The van der Waals surface area contributed by atoms with Crippen LogP contribution in [0, 0.1) is 0 Å². The van der Waals surface area contributed by atoms with Crippen molar-refractivity contribution in [1.29, 1.82) is 0 Å². The Morgan fingerprint density at radius 1 is 0.524 bits per heavy atom. The van der Waals surface area contributed by atoms with E-state index in [0.717, 1.165) is 0 Å². The molecule has 1 N–H and O–H groups in total. The molecule has 0 amide bonds. The Morgan fingerprint density at radius 2 is 0.810 bits per heavy atom. The Hall–Kier alpha value is 0.759. The van der Waals surface area contributed by atoms with E-state index in [1.807, 2.05) is 0 Å². The van der Waals surface area contributed by atoms with Gasteiger partial charge in [0, 0.05) is 6.61 Å². The van der Waals surface area contributed by atoms with Crippen molar-refractivity contribution in [2.24, 2.45) is 0 Å². The van der Waals surface area contributed by atoms with E-state index < -0.39 is 18.4 Å². The molecule has 1 nitrogen and oxygen atoms in total. The first-order valence-electron chi connectivity index (χ1n) is 9.77. The van der Waals surface area contributed by atoms with Gasteiger partial charge in [0.15, 0.2) is 0 Å². The molecule has 0 rings (SSSR count). The fourth-order valence-electron chi connectivity index (χ4n) is 3.16. The van der Waals surface area contributed by atoms with Crippen molar-refractivity contribution >= 4 is 18.4 Å². The van der Waals surface area contributed by atoms with Crippen LogP contribution in [0.5, 0.6) is 0 Å². The second kappa shape index (κ2) is 18.8. The van der Waals surface area contributed by atoms with Crippen molar-refractivity contribution in [3.63, 3.8) is 0 Å². The van der Waals surface area contributed by atoms with Crippen molar-refractivity contribution in [1.82, 2.24) is 0 Å². The predicted octanol–water partition coefficient (Wildman–Crippen LogP) is 7.02. The molecule has 0 aliphatic rings. The smallest absolute Gasteiger partial charge is 0.0402 e. The Morgan fingerprint density at radius 3 is 1.10 bits per heavy atom. The third-order valence-corrected chi connectivity index (χ3v) is 20.6. The summed E-state index contributed by atoms with van der Waals surface area (Å²) in [6.45, 7) is 11.4. The summed E-state index contributed by atoms with van der Waals surface area (Å²) in [5, 5.41) is 7.57. The van der Waals surface area contributed by atoms with E-state index in [-0.39, 0.29) is 6.61 Å². The summed E-state index contributed by atoms with van der Waals surface area (Å²) in [7, 11) is 0. The maximum absolute atomic E-state index is 7.57. The van der Waals surface area contributed by atoms with Gasteiger partial charge in [-0.1, -0.05) is 0 Å². The van der Waals surface area contributed by atoms with Gasteiger partial charge in [-0.3, -0.25) is 0 Å². The topological polar surface area (TPSA) is 20.2 Å². The summed E-state index contributed by atoms with van der Waals surface area (Å²) in [6.07, 6.45) is 13.3. The number of aliphatic hydroxyl groups is 1. The molecule has 0 atom stereocenters. The minimum absolute atomic E-state index is 0.250. The molecule has 0 spiro atoms. The molecule has 0 aromatic heterocycles. The van der Waals surface area contributed by atoms with E-state index in [2.05, 4.69) is 27.7 Å². The summed E-state index contributed by atoms with van der Waals surface area (Å²) in [4.78, 5) is 0. The zero-order valence-corrected chi connectivity index (χ0v) is 18.7. The van der Waals surface area contributed by atoms with Crippen LogP contribution in [-0.2, 0) is 0 Å². The van der Waals surface area contributed by atoms with Crippen LogP contribution in [0.1, 0.15) is 92.4 Å². The average Bonchev–Trinajstić information content (AvgIpc) is 2.49. The number of unbranched alkanes of at least 4 members (excludes halogenated alkanes) is 5. The van der Waals surface area contributed by atoms with Gasteiger partial charge >= 0.3 is 122 Å². The molecule has 0 aromatic carbocycles. The molecule has 0 saturated carbocycles. The molecule has 0 heterocycles. The Labute approximate surface area is 140 Å². The third-order valence-electron chi connectivity index (χ3n) is 4.49. The number of rotatable bonds is 13. The molecule has 0 bridgehead atoms. The van der Waals surface area contributed by atoms with E-state index in [4.69, 9.17) is 5.11 Å². The number of aliphatic hydroxyl groups excluding tert-OH is 1. The SMILES string of the molecule is CCCC[CH2][Sn]([CH2]CCC)([CH2]CCC)[CH2]CCC.CCO. The van der Waals surface area contributed by atoms with Crippen LogP contribution in [0.2, 0.25) is 17.7 Å². The van der Waals surface area contributed by atoms with Gasteiger partial charge in [-0.25, -0.2) is 0 Å². The van der Waals surface area contributed by atoms with Crippen molar-refractivity contribution in [2.75, 3.05) is 6.61 Å². The Bertz CT molecular complexity index is 161. The molecular formula is C19H44OSn. The van der Waals surface area contributed by atoms with Crippen LogP contribution in [-0.4, -0.2) is 30.1 Å². The molecule has 130 valence electrons. The van der Waals surface area contributed by atoms with Gasteiger partial charge in [0.2, 0.25) is 0 Å². The van der Waals surface area contributed by atoms with Gasteiger partial charge in [-0.2, -0.15) is 0 Å². The van der Waals surface area contributed by atoms with Gasteiger partial charge < -0.3 is 5.11 Å². The molecule has 0 aromatic rings. The van der Waals surface area contributed by atoms with Gasteiger partial charge in [-0.15, -0.1) is 0 Å². The van der Waals surface area contributed by atoms with Crippen LogP contribution < -0.4 is 0 Å². The zero-order chi connectivity index (χ0) is 16.4. The monoisotopic (exact) mass is 408 g/mol. The van der Waals surface area contributed by atoms with Gasteiger partial charge in [0.1, 0.15) is 0 Å². The maximum Gasteiger partial charge on any atom is 0.0402 e. The Kier molecular flexibility index (Phi) is 21.5. The summed E-state index contributed by atoms with van der Waals surface area (Å²) < 4.78 is 6.82. The van der Waals surface area contributed by atoms with Crippen molar-refractivity contribution < 1.29 is 5.11 Å². The molecule has 2 heteroatoms. The number of hydrogen-bond donors (Lipinski definition) is 1. The van der Waals surface area contributed by atoms with Crippen molar-refractivity contribution in [3.8, 4) is 0 Å². The van der Waals surface area contributed by atoms with Crippen molar-refractivity contribution in [3.05, 3.63) is 0 Å². The fourth-order valence-corrected chi connectivity index (χ4v) is 19.7. The zero-order valence-electron chi connectivity index (χ0n) is 15.8. The largest absolute Gasteiger partial charge is 0.397 e. The molecule has 0 radical (unpaired) electrons. The van der Waals surface area contributed by atoms with E-state index in [0.29, 0.717) is 0 Å². The molecular weight excluding hydrogens is 363 g/mol. The molecule has 0 aliphatic carbocycles. The van der Waals surface area contributed by atoms with Crippen LogP contribution >= 0.6 is 0 Å². The van der Waals surface area contributed by atoms with E-state index in [1.165, 1.54) is 51.4 Å². The molecule has 0 saturated heterocycles. The molecule has 0 unspecified atom stereocenters. The summed E-state index contributed by atoms with van der Waals surface area (Å²) in [5.74, 6) is 0. The minimum atomic E-state index is -1.72. The molecule has 0 aliphatic heterocycles. The van der Waals surface area contributed by atoms with Gasteiger partial charge in [-0.05, 0) is 6.92 Å². The van der Waals surface area contributed by atoms with Crippen LogP contribution in [0.3, 0.4) is 0 Å². The minimum Gasteiger partial charge on any atom is -0.397 e. The summed E-state index contributed by atoms with van der Waals surface area (Å²) in [5.41, 5.74) is 0. The van der Waals surface area contributed by atoms with Crippen LogP contribution in [0.4, 0.5) is 0 Å². The summed E-state index contributed by atoms with van der Waals surface area (Å²) in [6, 6.07) is 0. The van der Waals surface area contributed by atoms with Crippen LogP contribution in [0.25, 0.3) is 0 Å². The second-order valence-electron chi connectivity index (χ2n) is 6.58. The quantitative estimate of drug-likeness (QED) is 0.257.